The van der Waals surface area contributed by atoms with Crippen molar-refractivity contribution in [2.75, 3.05) is 33.4 Å². The molecule has 3 aromatic rings. The third-order valence-corrected chi connectivity index (χ3v) is 12.4. The van der Waals surface area contributed by atoms with Crippen LogP contribution in [0.3, 0.4) is 0 Å². The zero-order chi connectivity index (χ0) is 26.2. The van der Waals surface area contributed by atoms with Crippen LogP contribution in [0.2, 0.25) is 5.02 Å². The minimum absolute atomic E-state index is 0.0223. The summed E-state index contributed by atoms with van der Waals surface area (Å²) in [5.74, 6) is 1.06. The van der Waals surface area contributed by atoms with E-state index in [0.29, 0.717) is 30.0 Å². The van der Waals surface area contributed by atoms with Crippen molar-refractivity contribution in [2.24, 2.45) is 11.8 Å². The second-order valence-corrected chi connectivity index (χ2v) is 14.5. The Bertz CT molecular complexity index is 1190. The zero-order valence-corrected chi connectivity index (χ0v) is 26.5. The molecule has 0 radical (unpaired) electrons. The van der Waals surface area contributed by atoms with Crippen LogP contribution in [0.5, 0.6) is 0 Å². The van der Waals surface area contributed by atoms with Crippen molar-refractivity contribution in [3.63, 3.8) is 0 Å². The van der Waals surface area contributed by atoms with Crippen molar-refractivity contribution in [1.29, 1.82) is 0 Å². The number of hydrogen-bond donors (Lipinski definition) is 1. The molecule has 0 bridgehead atoms. The van der Waals surface area contributed by atoms with Gasteiger partial charge in [0, 0.05) is 43.4 Å². The normalized spacial score (nSPS) is 19.1. The number of fused-ring (bicyclic) bond motifs is 1. The maximum absolute atomic E-state index is 12.8. The van der Waals surface area contributed by atoms with Gasteiger partial charge in [-0.2, -0.15) is 0 Å². The molecule has 1 fully saturated rings. The van der Waals surface area contributed by atoms with E-state index in [2.05, 4.69) is 58.9 Å². The fourth-order valence-electron chi connectivity index (χ4n) is 5.46. The van der Waals surface area contributed by atoms with Gasteiger partial charge in [0.25, 0.3) is 24.5 Å². The number of likely N-dealkylation sites (tertiary alicyclic amines) is 1. The molecule has 5 nitrogen and oxygen atoms in total. The Morgan fingerprint density at radius 1 is 1.27 bits per heavy atom. The Morgan fingerprint density at radius 3 is 2.89 bits per heavy atom. The van der Waals surface area contributed by atoms with E-state index in [0.717, 1.165) is 61.3 Å². The van der Waals surface area contributed by atoms with Gasteiger partial charge >= 0.3 is 17.2 Å². The second-order valence-electron chi connectivity index (χ2n) is 9.80. The minimum Gasteiger partial charge on any atom is -0.384 e. The Kier molecular flexibility index (Phi) is 11.3. The molecule has 2 unspecified atom stereocenters. The van der Waals surface area contributed by atoms with E-state index in [9.17, 15) is 4.79 Å². The molecular formula is C29H35ClI2N3O2+. The van der Waals surface area contributed by atoms with E-state index < -0.39 is 0 Å². The van der Waals surface area contributed by atoms with Gasteiger partial charge in [0.2, 0.25) is 3.57 Å². The van der Waals surface area contributed by atoms with Gasteiger partial charge in [-0.3, -0.25) is 14.7 Å². The third-order valence-electron chi connectivity index (χ3n) is 7.48. The molecule has 3 atom stereocenters. The van der Waals surface area contributed by atoms with Crippen LogP contribution in [0.1, 0.15) is 42.1 Å². The zero-order valence-electron chi connectivity index (χ0n) is 21.4. The number of nitrogens with zero attached hydrogens (tertiary/aromatic N) is 2. The number of piperidine rings is 1. The molecule has 1 saturated heterocycles. The summed E-state index contributed by atoms with van der Waals surface area (Å²) in [5, 5.41) is 5.05. The highest BCUT2D eigenvalue weighted by molar-refractivity contribution is 14.1. The van der Waals surface area contributed by atoms with Crippen LogP contribution in [0.25, 0.3) is 10.9 Å². The van der Waals surface area contributed by atoms with Crippen molar-refractivity contribution in [3.05, 3.63) is 74.4 Å². The molecule has 37 heavy (non-hydrogen) atoms. The summed E-state index contributed by atoms with van der Waals surface area (Å²) >= 11 is 8.96. The highest BCUT2D eigenvalue weighted by atomic mass is 128. The van der Waals surface area contributed by atoms with Crippen molar-refractivity contribution in [1.82, 2.24) is 15.2 Å². The van der Waals surface area contributed by atoms with Gasteiger partial charge in [0.15, 0.2) is 0 Å². The molecule has 1 amide bonds. The summed E-state index contributed by atoms with van der Waals surface area (Å²) in [4.78, 5) is 19.7. The molecule has 1 aliphatic rings. The quantitative estimate of drug-likeness (QED) is 0.307. The molecule has 0 aliphatic carbocycles. The molecule has 1 N–H and O–H groups in total. The Labute approximate surface area is 245 Å². The standard InChI is InChI=1S/C29H34ClI2N3O2/c1-3-25(10-13-34-29(36)23-7-9-28-22(17-23)5-4-12-33-28)35-14-11-21(24(18-35)19-37-2)15-20-6-8-27(32-31)26(30)16-20/h4-9,12,16-17,21,24-25H,3,10-11,13-15,18-19H2,1-2H3/p+1/t21-,24?,25?/m1/s1. The number of carbonyl (C=O) groups excluding carboxylic acids is 1. The largest absolute Gasteiger partial charge is 0.391 e. The van der Waals surface area contributed by atoms with E-state index in [1.807, 2.05) is 30.3 Å². The number of benzene rings is 2. The maximum Gasteiger partial charge on any atom is 0.391 e. The number of halogens is 3. The van der Waals surface area contributed by atoms with Gasteiger partial charge in [-0.25, -0.2) is 0 Å². The molecule has 1 aromatic heterocycles. The molecular weight excluding hydrogens is 712 g/mol. The molecule has 4 rings (SSSR count). The van der Waals surface area contributed by atoms with Crippen LogP contribution >= 0.6 is 30.2 Å². The number of amides is 1. The summed E-state index contributed by atoms with van der Waals surface area (Å²) in [6.07, 6.45) is 5.99. The van der Waals surface area contributed by atoms with Crippen molar-refractivity contribution >= 4 is 47.0 Å². The number of methoxy groups -OCH3 is 1. The van der Waals surface area contributed by atoms with E-state index in [4.69, 9.17) is 16.3 Å². The number of ether oxygens (including phenoxy) is 1. The van der Waals surface area contributed by atoms with Crippen molar-refractivity contribution in [2.45, 2.75) is 38.6 Å². The first kappa shape index (κ1) is 29.0. The number of aromatic nitrogens is 1. The summed E-state index contributed by atoms with van der Waals surface area (Å²) in [7, 11) is 1.81. The molecule has 2 heterocycles. The van der Waals surface area contributed by atoms with Gasteiger partial charge < -0.3 is 10.1 Å². The topological polar surface area (TPSA) is 54.5 Å². The second kappa shape index (κ2) is 14.4. The van der Waals surface area contributed by atoms with Crippen LogP contribution in [0.4, 0.5) is 0 Å². The lowest BCUT2D eigenvalue weighted by Gasteiger charge is -2.42. The van der Waals surface area contributed by atoms with Crippen molar-refractivity contribution in [3.8, 4) is 0 Å². The number of hydrogen-bond acceptors (Lipinski definition) is 4. The van der Waals surface area contributed by atoms with Gasteiger partial charge in [0.1, 0.15) is 0 Å². The van der Waals surface area contributed by atoms with Gasteiger partial charge in [-0.05, 0) is 86.0 Å². The molecule has 0 spiro atoms. The Morgan fingerprint density at radius 2 is 2.14 bits per heavy atom. The number of nitrogens with one attached hydrogen (secondary N) is 1. The average Bonchev–Trinajstić information content (AvgIpc) is 2.92. The number of rotatable bonds is 11. The smallest absolute Gasteiger partial charge is 0.384 e. The molecule has 0 saturated carbocycles. The Hall–Kier alpha value is -1.01. The predicted molar refractivity (Wildman–Crippen MR) is 156 cm³/mol. The fourth-order valence-corrected chi connectivity index (χ4v) is 9.76. The first-order chi connectivity index (χ1) is 18.0. The monoisotopic (exact) mass is 746 g/mol. The highest BCUT2D eigenvalue weighted by Crippen LogP contribution is 2.30. The van der Waals surface area contributed by atoms with Gasteiger partial charge in [0.05, 0.1) is 17.1 Å². The SMILES string of the molecule is CCC(CCNC(=O)c1ccc2ncccc2c1)N1CC[C@H](Cc2ccc([I+]I)c(Cl)c2)C(COC)C1. The molecule has 8 heteroatoms. The van der Waals surface area contributed by atoms with Crippen LogP contribution in [-0.4, -0.2) is 55.2 Å². The Balaban J connectivity index is 1.31. The van der Waals surface area contributed by atoms with E-state index in [1.54, 1.807) is 13.3 Å². The van der Waals surface area contributed by atoms with E-state index in [1.165, 1.54) is 9.13 Å². The molecule has 1 aliphatic heterocycles. The minimum atomic E-state index is -0.0248. The van der Waals surface area contributed by atoms with Crippen LogP contribution in [0, 0.1) is 15.4 Å². The highest BCUT2D eigenvalue weighted by Gasteiger charge is 2.32. The van der Waals surface area contributed by atoms with Crippen LogP contribution in [0.15, 0.2) is 54.7 Å². The van der Waals surface area contributed by atoms with Crippen LogP contribution in [-0.2, 0) is 11.2 Å². The van der Waals surface area contributed by atoms with Crippen molar-refractivity contribution < 1.29 is 26.8 Å². The van der Waals surface area contributed by atoms with Gasteiger partial charge in [-0.15, -0.1) is 0 Å². The summed E-state index contributed by atoms with van der Waals surface area (Å²) in [6, 6.07) is 16.7. The molecule has 198 valence electrons. The van der Waals surface area contributed by atoms with Gasteiger partial charge in [-0.1, -0.05) is 30.7 Å². The number of pyridine rings is 1. The lowest BCUT2D eigenvalue weighted by Crippen LogP contribution is -3.54. The lowest BCUT2D eigenvalue weighted by molar-refractivity contribution is -0.390. The first-order valence-electron chi connectivity index (χ1n) is 12.9. The van der Waals surface area contributed by atoms with E-state index >= 15 is 0 Å². The predicted octanol–water partition coefficient (Wildman–Crippen LogP) is 3.22. The molecule has 2 aromatic carbocycles. The summed E-state index contributed by atoms with van der Waals surface area (Å²) in [5.41, 5.74) is 2.92. The summed E-state index contributed by atoms with van der Waals surface area (Å²) < 4.78 is 6.96. The maximum atomic E-state index is 12.8. The average molecular weight is 747 g/mol. The van der Waals surface area contributed by atoms with E-state index in [-0.39, 0.29) is 23.1 Å². The van der Waals surface area contributed by atoms with Crippen LogP contribution < -0.4 is 22.5 Å². The fraction of sp³-hybridized carbons (Fsp3) is 0.448. The first-order valence-corrected chi connectivity index (χ1v) is 20.7. The number of carbonyl (C=O) groups is 1. The lowest BCUT2D eigenvalue weighted by atomic mass is 9.81. The summed E-state index contributed by atoms with van der Waals surface area (Å²) in [6.45, 7) is 5.81. The third kappa shape index (κ3) is 7.77.